The second-order valence-electron chi connectivity index (χ2n) is 6.77. The molecule has 3 rings (SSSR count). The summed E-state index contributed by atoms with van der Waals surface area (Å²) >= 11 is 0. The number of benzene rings is 2. The Bertz CT molecular complexity index is 1080. The molecule has 1 aromatic heterocycles. The van der Waals surface area contributed by atoms with Crippen molar-refractivity contribution in [3.8, 4) is 28.6 Å². The molecule has 10 heteroatoms. The van der Waals surface area contributed by atoms with Crippen LogP contribution in [0.4, 0.5) is 5.69 Å². The van der Waals surface area contributed by atoms with Crippen LogP contribution in [-0.2, 0) is 16.0 Å². The van der Waals surface area contributed by atoms with E-state index in [2.05, 4.69) is 15.5 Å². The van der Waals surface area contributed by atoms with E-state index in [-0.39, 0.29) is 18.7 Å². The van der Waals surface area contributed by atoms with E-state index in [1.165, 1.54) is 21.3 Å². The highest BCUT2D eigenvalue weighted by Gasteiger charge is 2.18. The molecule has 0 bridgehead atoms. The Balaban J connectivity index is 1.61. The molecule has 1 amide bonds. The zero-order valence-corrected chi connectivity index (χ0v) is 18.8. The van der Waals surface area contributed by atoms with Crippen LogP contribution in [0, 0.1) is 0 Å². The van der Waals surface area contributed by atoms with Crippen molar-refractivity contribution in [3.05, 3.63) is 47.9 Å². The molecule has 0 saturated carbocycles. The molecule has 0 aliphatic rings. The highest BCUT2D eigenvalue weighted by Crippen LogP contribution is 2.40. The van der Waals surface area contributed by atoms with Gasteiger partial charge in [0.05, 0.1) is 33.5 Å². The number of carbonyl (C=O) groups excluding carboxylic acids is 2. The second kappa shape index (κ2) is 11.0. The van der Waals surface area contributed by atoms with Crippen molar-refractivity contribution in [2.45, 2.75) is 19.8 Å². The number of aromatic nitrogens is 2. The number of methoxy groups -OCH3 is 3. The number of hydrogen-bond donors (Lipinski definition) is 1. The van der Waals surface area contributed by atoms with Crippen LogP contribution in [0.15, 0.2) is 40.9 Å². The minimum atomic E-state index is -0.408. The van der Waals surface area contributed by atoms with E-state index in [1.54, 1.807) is 43.3 Å². The minimum Gasteiger partial charge on any atom is -0.493 e. The van der Waals surface area contributed by atoms with Gasteiger partial charge in [-0.2, -0.15) is 4.98 Å². The SMILES string of the molecule is CCOC(=O)c1ccc(NC(=O)CCc2nc(-c3cc(OC)c(OC)c(OC)c3)no2)cc1. The molecule has 0 fully saturated rings. The Morgan fingerprint density at radius 2 is 1.67 bits per heavy atom. The molecular formula is C23H25N3O7. The topological polar surface area (TPSA) is 122 Å². The molecule has 33 heavy (non-hydrogen) atoms. The van der Waals surface area contributed by atoms with Crippen molar-refractivity contribution < 1.29 is 33.1 Å². The smallest absolute Gasteiger partial charge is 0.338 e. The first-order valence-corrected chi connectivity index (χ1v) is 10.2. The third-order valence-corrected chi connectivity index (χ3v) is 4.64. The average Bonchev–Trinajstić information content (AvgIpc) is 3.31. The van der Waals surface area contributed by atoms with Crippen LogP contribution in [0.3, 0.4) is 0 Å². The number of ether oxygens (including phenoxy) is 4. The molecule has 0 unspecified atom stereocenters. The number of anilines is 1. The number of hydrogen-bond acceptors (Lipinski definition) is 9. The third-order valence-electron chi connectivity index (χ3n) is 4.64. The summed E-state index contributed by atoms with van der Waals surface area (Å²) in [6.07, 6.45) is 0.390. The summed E-state index contributed by atoms with van der Waals surface area (Å²) in [7, 11) is 4.56. The summed E-state index contributed by atoms with van der Waals surface area (Å²) in [5, 5.41) is 6.75. The van der Waals surface area contributed by atoms with Gasteiger partial charge in [-0.3, -0.25) is 4.79 Å². The fourth-order valence-corrected chi connectivity index (χ4v) is 3.03. The molecule has 10 nitrogen and oxygen atoms in total. The van der Waals surface area contributed by atoms with E-state index >= 15 is 0 Å². The molecule has 2 aromatic carbocycles. The molecule has 0 atom stereocenters. The summed E-state index contributed by atoms with van der Waals surface area (Å²) in [4.78, 5) is 28.3. The maximum absolute atomic E-state index is 12.3. The van der Waals surface area contributed by atoms with Crippen LogP contribution in [0.1, 0.15) is 29.6 Å². The quantitative estimate of drug-likeness (QED) is 0.458. The molecular weight excluding hydrogens is 430 g/mol. The molecule has 174 valence electrons. The van der Waals surface area contributed by atoms with Gasteiger partial charge in [0.2, 0.25) is 23.4 Å². The average molecular weight is 455 g/mol. The van der Waals surface area contributed by atoms with Gasteiger partial charge in [0.15, 0.2) is 11.5 Å². The van der Waals surface area contributed by atoms with Crippen molar-refractivity contribution >= 4 is 17.6 Å². The van der Waals surface area contributed by atoms with Crippen LogP contribution >= 0.6 is 0 Å². The van der Waals surface area contributed by atoms with Crippen molar-refractivity contribution in [3.63, 3.8) is 0 Å². The number of aryl methyl sites for hydroxylation is 1. The molecule has 1 heterocycles. The molecule has 0 aliphatic carbocycles. The van der Waals surface area contributed by atoms with Gasteiger partial charge in [0.25, 0.3) is 0 Å². The Morgan fingerprint density at radius 1 is 1.00 bits per heavy atom. The van der Waals surface area contributed by atoms with Crippen molar-refractivity contribution in [1.29, 1.82) is 0 Å². The first-order chi connectivity index (χ1) is 16.0. The number of esters is 1. The Hall–Kier alpha value is -4.08. The zero-order valence-electron chi connectivity index (χ0n) is 18.8. The maximum Gasteiger partial charge on any atom is 0.338 e. The molecule has 1 N–H and O–H groups in total. The first kappa shape index (κ1) is 23.6. The van der Waals surface area contributed by atoms with Crippen LogP contribution in [0.5, 0.6) is 17.2 Å². The van der Waals surface area contributed by atoms with Gasteiger partial charge in [-0.1, -0.05) is 5.16 Å². The minimum absolute atomic E-state index is 0.135. The third kappa shape index (κ3) is 5.79. The van der Waals surface area contributed by atoms with E-state index in [1.807, 2.05) is 0 Å². The van der Waals surface area contributed by atoms with E-state index in [9.17, 15) is 9.59 Å². The van der Waals surface area contributed by atoms with Crippen molar-refractivity contribution in [2.75, 3.05) is 33.3 Å². The summed E-state index contributed by atoms with van der Waals surface area (Å²) in [6.45, 7) is 2.04. The number of nitrogens with zero attached hydrogens (tertiary/aromatic N) is 2. The Kier molecular flexibility index (Phi) is 7.85. The Labute approximate surface area is 190 Å². The fraction of sp³-hybridized carbons (Fsp3) is 0.304. The van der Waals surface area contributed by atoms with Gasteiger partial charge in [-0.05, 0) is 43.3 Å². The van der Waals surface area contributed by atoms with Crippen LogP contribution in [-0.4, -0.2) is 50.0 Å². The van der Waals surface area contributed by atoms with E-state index in [0.717, 1.165) is 0 Å². The summed E-state index contributed by atoms with van der Waals surface area (Å²) in [6, 6.07) is 9.88. The lowest BCUT2D eigenvalue weighted by atomic mass is 10.1. The lowest BCUT2D eigenvalue weighted by Gasteiger charge is -2.12. The van der Waals surface area contributed by atoms with Gasteiger partial charge < -0.3 is 28.8 Å². The highest BCUT2D eigenvalue weighted by atomic mass is 16.5. The lowest BCUT2D eigenvalue weighted by molar-refractivity contribution is -0.116. The van der Waals surface area contributed by atoms with Crippen LogP contribution in [0.25, 0.3) is 11.4 Å². The van der Waals surface area contributed by atoms with Gasteiger partial charge in [0, 0.05) is 24.1 Å². The van der Waals surface area contributed by atoms with E-state index in [0.29, 0.717) is 52.4 Å². The fourth-order valence-electron chi connectivity index (χ4n) is 3.03. The normalized spacial score (nSPS) is 10.4. The standard InChI is InChI=1S/C23H25N3O7/c1-5-32-23(28)14-6-8-16(9-7-14)24-19(27)10-11-20-25-22(26-33-20)15-12-17(29-2)21(31-4)18(13-15)30-3/h6-9,12-13H,5,10-11H2,1-4H3,(H,24,27). The number of rotatable bonds is 10. The number of amides is 1. The highest BCUT2D eigenvalue weighted by molar-refractivity contribution is 5.93. The predicted molar refractivity (Wildman–Crippen MR) is 119 cm³/mol. The first-order valence-electron chi connectivity index (χ1n) is 10.2. The van der Waals surface area contributed by atoms with E-state index < -0.39 is 5.97 Å². The summed E-state index contributed by atoms with van der Waals surface area (Å²) in [5.74, 6) is 1.39. The summed E-state index contributed by atoms with van der Waals surface area (Å²) in [5.41, 5.74) is 1.60. The van der Waals surface area contributed by atoms with Crippen LogP contribution in [0.2, 0.25) is 0 Å². The molecule has 0 aliphatic heterocycles. The molecule has 3 aromatic rings. The molecule has 0 saturated heterocycles. The lowest BCUT2D eigenvalue weighted by Crippen LogP contribution is -2.12. The molecule has 0 spiro atoms. The predicted octanol–water partition coefficient (Wildman–Crippen LogP) is 3.51. The van der Waals surface area contributed by atoms with Crippen LogP contribution < -0.4 is 19.5 Å². The summed E-state index contributed by atoms with van der Waals surface area (Å²) < 4.78 is 26.2. The van der Waals surface area contributed by atoms with Crippen molar-refractivity contribution in [2.24, 2.45) is 0 Å². The largest absolute Gasteiger partial charge is 0.493 e. The van der Waals surface area contributed by atoms with Crippen molar-refractivity contribution in [1.82, 2.24) is 10.1 Å². The molecule has 0 radical (unpaired) electrons. The maximum atomic E-state index is 12.3. The number of nitrogens with one attached hydrogen (secondary N) is 1. The van der Waals surface area contributed by atoms with Gasteiger partial charge in [-0.15, -0.1) is 0 Å². The zero-order chi connectivity index (χ0) is 23.8. The Morgan fingerprint density at radius 3 is 2.24 bits per heavy atom. The van der Waals surface area contributed by atoms with Gasteiger partial charge in [-0.25, -0.2) is 4.79 Å². The number of carbonyl (C=O) groups is 2. The van der Waals surface area contributed by atoms with Gasteiger partial charge in [0.1, 0.15) is 0 Å². The van der Waals surface area contributed by atoms with Gasteiger partial charge >= 0.3 is 5.97 Å². The monoisotopic (exact) mass is 455 g/mol. The second-order valence-corrected chi connectivity index (χ2v) is 6.77. The van der Waals surface area contributed by atoms with E-state index in [4.69, 9.17) is 23.5 Å².